The topological polar surface area (TPSA) is 103 Å². The minimum Gasteiger partial charge on any atom is -0.396 e. The Morgan fingerprint density at radius 1 is 1.45 bits per heavy atom. The summed E-state index contributed by atoms with van der Waals surface area (Å²) in [5.41, 5.74) is 5.52. The number of rotatable bonds is 3. The fourth-order valence-electron chi connectivity index (χ4n) is 1.69. The van der Waals surface area contributed by atoms with Crippen molar-refractivity contribution >= 4 is 23.0 Å². The highest BCUT2D eigenvalue weighted by Crippen LogP contribution is 2.19. The van der Waals surface area contributed by atoms with Gasteiger partial charge in [0.05, 0.1) is 16.8 Å². The SMILES string of the molecule is Cn1cc([N+](=O)[O-])cc1C(=O)Nc1ccc(F)c(N)c1. The molecule has 0 fully saturated rings. The van der Waals surface area contributed by atoms with Crippen molar-refractivity contribution < 1.29 is 14.1 Å². The summed E-state index contributed by atoms with van der Waals surface area (Å²) in [6.45, 7) is 0. The third-order valence-corrected chi connectivity index (χ3v) is 2.69. The van der Waals surface area contributed by atoms with Crippen molar-refractivity contribution in [3.8, 4) is 0 Å². The molecule has 2 rings (SSSR count). The highest BCUT2D eigenvalue weighted by atomic mass is 19.1. The maximum atomic E-state index is 13.0. The van der Waals surface area contributed by atoms with Crippen LogP contribution in [0.3, 0.4) is 0 Å². The lowest BCUT2D eigenvalue weighted by atomic mass is 10.2. The number of carbonyl (C=O) groups excluding carboxylic acids is 1. The Kier molecular flexibility index (Phi) is 3.38. The Bertz CT molecular complexity index is 696. The molecule has 0 bridgehead atoms. The van der Waals surface area contributed by atoms with Gasteiger partial charge in [-0.25, -0.2) is 4.39 Å². The second-order valence-electron chi connectivity index (χ2n) is 4.14. The number of hydrogen-bond donors (Lipinski definition) is 2. The van der Waals surface area contributed by atoms with Gasteiger partial charge in [0.15, 0.2) is 0 Å². The van der Waals surface area contributed by atoms with Crippen molar-refractivity contribution in [3.05, 3.63) is 52.1 Å². The molecular formula is C12H11FN4O3. The lowest BCUT2D eigenvalue weighted by molar-refractivity contribution is -0.384. The van der Waals surface area contributed by atoms with Gasteiger partial charge >= 0.3 is 0 Å². The predicted octanol–water partition coefficient (Wildman–Crippen LogP) is 1.91. The first-order valence-electron chi connectivity index (χ1n) is 5.55. The molecule has 0 saturated carbocycles. The van der Waals surface area contributed by atoms with E-state index in [1.807, 2.05) is 0 Å². The molecule has 2 aromatic rings. The van der Waals surface area contributed by atoms with Gasteiger partial charge in [-0.1, -0.05) is 0 Å². The van der Waals surface area contributed by atoms with Crippen LogP contribution in [0.4, 0.5) is 21.5 Å². The molecule has 0 aliphatic rings. The largest absolute Gasteiger partial charge is 0.396 e. The fraction of sp³-hybridized carbons (Fsp3) is 0.0833. The summed E-state index contributed by atoms with van der Waals surface area (Å²) in [7, 11) is 1.51. The molecule has 0 aliphatic carbocycles. The second-order valence-corrected chi connectivity index (χ2v) is 4.14. The monoisotopic (exact) mass is 278 g/mol. The number of aromatic nitrogens is 1. The highest BCUT2D eigenvalue weighted by molar-refractivity contribution is 6.03. The smallest absolute Gasteiger partial charge is 0.287 e. The third-order valence-electron chi connectivity index (χ3n) is 2.69. The number of nitrogen functional groups attached to an aromatic ring is 1. The molecule has 1 aromatic carbocycles. The molecule has 7 nitrogen and oxygen atoms in total. The highest BCUT2D eigenvalue weighted by Gasteiger charge is 2.17. The standard InChI is InChI=1S/C12H11FN4O3/c1-16-6-8(17(19)20)5-11(16)12(18)15-7-2-3-9(13)10(14)4-7/h2-6H,14H2,1H3,(H,15,18). The Morgan fingerprint density at radius 2 is 2.15 bits per heavy atom. The van der Waals surface area contributed by atoms with E-state index in [4.69, 9.17) is 5.73 Å². The summed E-state index contributed by atoms with van der Waals surface area (Å²) < 4.78 is 14.3. The number of anilines is 2. The van der Waals surface area contributed by atoms with Crippen molar-refractivity contribution in [1.29, 1.82) is 0 Å². The van der Waals surface area contributed by atoms with Crippen molar-refractivity contribution in [2.45, 2.75) is 0 Å². The molecule has 0 atom stereocenters. The van der Waals surface area contributed by atoms with Gasteiger partial charge in [0.1, 0.15) is 11.5 Å². The van der Waals surface area contributed by atoms with E-state index in [-0.39, 0.29) is 17.1 Å². The maximum Gasteiger partial charge on any atom is 0.287 e. The molecule has 20 heavy (non-hydrogen) atoms. The minimum absolute atomic E-state index is 0.0966. The molecule has 0 spiro atoms. The van der Waals surface area contributed by atoms with E-state index in [0.717, 1.165) is 12.1 Å². The summed E-state index contributed by atoms with van der Waals surface area (Å²) in [6.07, 6.45) is 1.23. The Labute approximate surface area is 113 Å². The molecule has 0 unspecified atom stereocenters. The Morgan fingerprint density at radius 3 is 2.70 bits per heavy atom. The number of nitrogens with zero attached hydrogens (tertiary/aromatic N) is 2. The van der Waals surface area contributed by atoms with Gasteiger partial charge in [-0.05, 0) is 18.2 Å². The zero-order valence-corrected chi connectivity index (χ0v) is 10.5. The number of benzene rings is 1. The summed E-state index contributed by atoms with van der Waals surface area (Å²) in [6, 6.07) is 4.89. The van der Waals surface area contributed by atoms with Gasteiger partial charge in [0.2, 0.25) is 0 Å². The van der Waals surface area contributed by atoms with Crippen LogP contribution in [0, 0.1) is 15.9 Å². The predicted molar refractivity (Wildman–Crippen MR) is 70.8 cm³/mol. The number of nitrogens with one attached hydrogen (secondary N) is 1. The lowest BCUT2D eigenvalue weighted by Gasteiger charge is -2.06. The zero-order chi connectivity index (χ0) is 14.9. The van der Waals surface area contributed by atoms with E-state index in [1.165, 1.54) is 29.9 Å². The quantitative estimate of drug-likeness (QED) is 0.508. The zero-order valence-electron chi connectivity index (χ0n) is 10.5. The summed E-state index contributed by atoms with van der Waals surface area (Å²) >= 11 is 0. The first kappa shape index (κ1) is 13.5. The number of nitrogens with two attached hydrogens (primary N) is 1. The number of carbonyl (C=O) groups is 1. The van der Waals surface area contributed by atoms with Crippen LogP contribution in [0.2, 0.25) is 0 Å². The first-order valence-corrected chi connectivity index (χ1v) is 5.55. The van der Waals surface area contributed by atoms with Crippen molar-refractivity contribution in [2.75, 3.05) is 11.1 Å². The van der Waals surface area contributed by atoms with Crippen LogP contribution in [-0.2, 0) is 7.05 Å². The van der Waals surface area contributed by atoms with Gasteiger partial charge in [0, 0.05) is 18.8 Å². The number of nitro groups is 1. The van der Waals surface area contributed by atoms with Gasteiger partial charge in [-0.3, -0.25) is 14.9 Å². The van der Waals surface area contributed by atoms with Crippen LogP contribution in [-0.4, -0.2) is 15.4 Å². The molecule has 1 heterocycles. The van der Waals surface area contributed by atoms with E-state index >= 15 is 0 Å². The van der Waals surface area contributed by atoms with Crippen LogP contribution >= 0.6 is 0 Å². The van der Waals surface area contributed by atoms with Crippen LogP contribution in [0.25, 0.3) is 0 Å². The summed E-state index contributed by atoms with van der Waals surface area (Å²) in [4.78, 5) is 22.0. The number of amides is 1. The average molecular weight is 278 g/mol. The van der Waals surface area contributed by atoms with Gasteiger partial charge in [-0.15, -0.1) is 0 Å². The summed E-state index contributed by atoms with van der Waals surface area (Å²) in [5.74, 6) is -1.14. The molecule has 1 amide bonds. The van der Waals surface area contributed by atoms with Crippen LogP contribution < -0.4 is 11.1 Å². The summed E-state index contributed by atoms with van der Waals surface area (Å²) in [5, 5.41) is 13.1. The van der Waals surface area contributed by atoms with Crippen LogP contribution in [0.15, 0.2) is 30.5 Å². The van der Waals surface area contributed by atoms with Crippen LogP contribution in [0.5, 0.6) is 0 Å². The van der Waals surface area contributed by atoms with E-state index in [1.54, 1.807) is 0 Å². The minimum atomic E-state index is -0.591. The Balaban J connectivity index is 2.23. The van der Waals surface area contributed by atoms with Gasteiger partial charge < -0.3 is 15.6 Å². The number of halogens is 1. The van der Waals surface area contributed by atoms with Crippen molar-refractivity contribution in [1.82, 2.24) is 4.57 Å². The van der Waals surface area contributed by atoms with Crippen molar-refractivity contribution in [2.24, 2.45) is 7.05 Å². The number of aryl methyl sites for hydroxylation is 1. The normalized spacial score (nSPS) is 10.3. The molecule has 0 aliphatic heterocycles. The van der Waals surface area contributed by atoms with Gasteiger partial charge in [-0.2, -0.15) is 0 Å². The van der Waals surface area contributed by atoms with Crippen LogP contribution in [0.1, 0.15) is 10.5 Å². The van der Waals surface area contributed by atoms with E-state index in [0.29, 0.717) is 5.69 Å². The van der Waals surface area contributed by atoms with E-state index < -0.39 is 16.6 Å². The first-order chi connectivity index (χ1) is 9.38. The van der Waals surface area contributed by atoms with E-state index in [2.05, 4.69) is 5.32 Å². The maximum absolute atomic E-state index is 13.0. The van der Waals surface area contributed by atoms with Gasteiger partial charge in [0.25, 0.3) is 11.6 Å². The second kappa shape index (κ2) is 5.00. The molecule has 0 saturated heterocycles. The molecular weight excluding hydrogens is 267 g/mol. The fourth-order valence-corrected chi connectivity index (χ4v) is 1.69. The van der Waals surface area contributed by atoms with E-state index in [9.17, 15) is 19.3 Å². The molecule has 3 N–H and O–H groups in total. The average Bonchev–Trinajstić information content (AvgIpc) is 2.76. The Hall–Kier alpha value is -2.90. The lowest BCUT2D eigenvalue weighted by Crippen LogP contribution is -2.15. The van der Waals surface area contributed by atoms with Crippen molar-refractivity contribution in [3.63, 3.8) is 0 Å². The molecule has 1 aromatic heterocycles. The molecule has 8 heteroatoms. The molecule has 104 valence electrons. The third kappa shape index (κ3) is 2.58. The number of hydrogen-bond acceptors (Lipinski definition) is 4. The molecule has 0 radical (unpaired) electrons.